The van der Waals surface area contributed by atoms with E-state index in [1.807, 2.05) is 18.2 Å². The minimum Gasteiger partial charge on any atom is -0.389 e. The Kier molecular flexibility index (Phi) is 9.30. The van der Waals surface area contributed by atoms with Gasteiger partial charge in [0.1, 0.15) is 0 Å². The number of hydrogen-bond acceptors (Lipinski definition) is 3. The van der Waals surface area contributed by atoms with Gasteiger partial charge in [-0.1, -0.05) is 75.1 Å². The molecule has 0 bridgehead atoms. The van der Waals surface area contributed by atoms with Gasteiger partial charge < -0.3 is 14.9 Å². The highest BCUT2D eigenvalue weighted by molar-refractivity contribution is 6.30. The maximum atomic E-state index is 12.1. The largest absolute Gasteiger partial charge is 0.389 e. The van der Waals surface area contributed by atoms with Crippen molar-refractivity contribution >= 4 is 11.6 Å². The van der Waals surface area contributed by atoms with Gasteiger partial charge in [0, 0.05) is 50.1 Å². The Morgan fingerprint density at radius 1 is 0.966 bits per heavy atom. The molecule has 0 amide bonds. The normalized spacial score (nSPS) is 29.1. The van der Waals surface area contributed by atoms with Crippen molar-refractivity contribution in [2.75, 3.05) is 39.8 Å². The molecule has 3 rings (SSSR count). The lowest BCUT2D eigenvalue weighted by Crippen LogP contribution is -2.51. The van der Waals surface area contributed by atoms with Crippen LogP contribution in [0.2, 0.25) is 5.02 Å². The molecular weight excluding hydrogens is 380 g/mol. The fourth-order valence-electron chi connectivity index (χ4n) is 5.19. The highest BCUT2D eigenvalue weighted by Crippen LogP contribution is 2.34. The molecule has 1 aliphatic carbocycles. The van der Waals surface area contributed by atoms with Crippen LogP contribution in [0.3, 0.4) is 0 Å². The van der Waals surface area contributed by atoms with Gasteiger partial charge in [0.25, 0.3) is 0 Å². The number of piperazine rings is 1. The van der Waals surface area contributed by atoms with Crippen molar-refractivity contribution in [2.45, 2.75) is 76.2 Å². The van der Waals surface area contributed by atoms with Crippen LogP contribution in [0.4, 0.5) is 0 Å². The molecule has 0 spiro atoms. The van der Waals surface area contributed by atoms with E-state index >= 15 is 0 Å². The van der Waals surface area contributed by atoms with Gasteiger partial charge >= 0.3 is 0 Å². The van der Waals surface area contributed by atoms with Crippen molar-refractivity contribution in [1.82, 2.24) is 9.80 Å². The van der Waals surface area contributed by atoms with Gasteiger partial charge in [-0.3, -0.25) is 0 Å². The molecule has 2 atom stereocenters. The fourth-order valence-corrected chi connectivity index (χ4v) is 5.40. The van der Waals surface area contributed by atoms with Crippen LogP contribution < -0.4 is 0 Å². The number of likely N-dealkylation sites (N-methyl/N-ethyl adjacent to an activating group) is 1. The van der Waals surface area contributed by atoms with Gasteiger partial charge in [-0.05, 0) is 37.6 Å². The number of rotatable bonds is 4. The van der Waals surface area contributed by atoms with Crippen LogP contribution in [0, 0.1) is 5.92 Å². The molecule has 0 radical (unpaired) electrons. The summed E-state index contributed by atoms with van der Waals surface area (Å²) in [5.74, 6) is 0.337. The first kappa shape index (κ1) is 23.1. The van der Waals surface area contributed by atoms with Crippen molar-refractivity contribution in [3.63, 3.8) is 0 Å². The van der Waals surface area contributed by atoms with Crippen molar-refractivity contribution in [1.29, 1.82) is 0 Å². The Labute approximate surface area is 183 Å². The quantitative estimate of drug-likeness (QED) is 0.707. The van der Waals surface area contributed by atoms with Crippen LogP contribution in [0.25, 0.3) is 0 Å². The summed E-state index contributed by atoms with van der Waals surface area (Å²) in [6.07, 6.45) is 13.1. The molecule has 4 heteroatoms. The Morgan fingerprint density at radius 2 is 1.62 bits per heavy atom. The maximum absolute atomic E-state index is 12.1. The molecule has 1 N–H and O–H groups in total. The molecule has 164 valence electrons. The number of nitrogens with zero attached hydrogens (tertiary/aromatic N) is 2. The van der Waals surface area contributed by atoms with Crippen LogP contribution >= 0.6 is 11.6 Å². The molecule has 29 heavy (non-hydrogen) atoms. The first-order valence-electron chi connectivity index (χ1n) is 11.9. The van der Waals surface area contributed by atoms with Crippen LogP contribution in [0.15, 0.2) is 24.3 Å². The molecule has 0 aromatic heterocycles. The van der Waals surface area contributed by atoms with Gasteiger partial charge in [-0.2, -0.15) is 0 Å². The minimum absolute atomic E-state index is 0.337. The Balaban J connectivity index is 1.76. The highest BCUT2D eigenvalue weighted by atomic mass is 35.5. The lowest BCUT2D eigenvalue weighted by Gasteiger charge is -2.42. The smallest absolute Gasteiger partial charge is 0.0728 e. The summed E-state index contributed by atoms with van der Waals surface area (Å²) in [5.41, 5.74) is 0.545. The molecule has 1 saturated heterocycles. The lowest BCUT2D eigenvalue weighted by atomic mass is 9.75. The van der Waals surface area contributed by atoms with Gasteiger partial charge in [-0.25, -0.2) is 0 Å². The van der Waals surface area contributed by atoms with Crippen LogP contribution in [0.5, 0.6) is 0 Å². The van der Waals surface area contributed by atoms with Gasteiger partial charge in [0.2, 0.25) is 0 Å². The molecule has 1 saturated carbocycles. The Morgan fingerprint density at radius 3 is 2.31 bits per heavy atom. The fraction of sp³-hybridized carbons (Fsp3) is 0.760. The van der Waals surface area contributed by atoms with Crippen LogP contribution in [-0.4, -0.2) is 60.3 Å². The second-order valence-corrected chi connectivity index (χ2v) is 10.0. The zero-order valence-corrected chi connectivity index (χ0v) is 19.2. The summed E-state index contributed by atoms with van der Waals surface area (Å²) in [7, 11) is 2.21. The van der Waals surface area contributed by atoms with Gasteiger partial charge in [0.15, 0.2) is 0 Å². The number of aliphatic hydroxyl groups is 1. The first-order chi connectivity index (χ1) is 14.0. The number of benzene rings is 1. The minimum atomic E-state index is -0.632. The third-order valence-corrected chi connectivity index (χ3v) is 7.38. The van der Waals surface area contributed by atoms with E-state index in [4.69, 9.17) is 11.6 Å². The van der Waals surface area contributed by atoms with Crippen molar-refractivity contribution in [3.8, 4) is 0 Å². The average Bonchev–Trinajstić information content (AvgIpc) is 2.69. The summed E-state index contributed by atoms with van der Waals surface area (Å²) < 4.78 is 0. The van der Waals surface area contributed by atoms with E-state index < -0.39 is 5.60 Å². The third kappa shape index (κ3) is 7.54. The summed E-state index contributed by atoms with van der Waals surface area (Å²) in [6, 6.07) is 8.12. The second kappa shape index (κ2) is 11.7. The topological polar surface area (TPSA) is 26.7 Å². The van der Waals surface area contributed by atoms with E-state index in [0.717, 1.165) is 63.4 Å². The van der Waals surface area contributed by atoms with Gasteiger partial charge in [0.05, 0.1) is 5.60 Å². The molecule has 1 aromatic carbocycles. The van der Waals surface area contributed by atoms with Crippen molar-refractivity contribution in [2.24, 2.45) is 5.92 Å². The van der Waals surface area contributed by atoms with Crippen LogP contribution in [0.1, 0.15) is 69.8 Å². The number of halogens is 1. The summed E-state index contributed by atoms with van der Waals surface area (Å²) >= 11 is 6.26. The molecule has 1 aliphatic heterocycles. The van der Waals surface area contributed by atoms with E-state index in [-0.39, 0.29) is 0 Å². The van der Waals surface area contributed by atoms with E-state index in [9.17, 15) is 5.11 Å². The molecule has 1 aromatic rings. The SMILES string of the molecule is CN1CCN(CC2CCCCCCCCCCC2(O)Cc2cccc(Cl)c2)CC1. The Hall–Kier alpha value is -0.610. The predicted molar refractivity (Wildman–Crippen MR) is 124 cm³/mol. The summed E-state index contributed by atoms with van der Waals surface area (Å²) in [6.45, 7) is 5.56. The monoisotopic (exact) mass is 420 g/mol. The predicted octanol–water partition coefficient (Wildman–Crippen LogP) is 5.39. The molecule has 1 heterocycles. The molecule has 2 unspecified atom stereocenters. The highest BCUT2D eigenvalue weighted by Gasteiger charge is 2.37. The Bertz CT molecular complexity index is 602. The first-order valence-corrected chi connectivity index (χ1v) is 12.3. The van der Waals surface area contributed by atoms with E-state index in [1.165, 1.54) is 50.5 Å². The average molecular weight is 421 g/mol. The van der Waals surface area contributed by atoms with Crippen LogP contribution in [-0.2, 0) is 6.42 Å². The third-order valence-electron chi connectivity index (χ3n) is 7.15. The molecule has 2 aliphatic rings. The summed E-state index contributed by atoms with van der Waals surface area (Å²) in [5, 5.41) is 12.8. The second-order valence-electron chi connectivity index (χ2n) is 9.58. The molecule has 3 nitrogen and oxygen atoms in total. The van der Waals surface area contributed by atoms with Gasteiger partial charge in [-0.15, -0.1) is 0 Å². The van der Waals surface area contributed by atoms with E-state index in [1.54, 1.807) is 0 Å². The maximum Gasteiger partial charge on any atom is 0.0728 e. The lowest BCUT2D eigenvalue weighted by molar-refractivity contribution is -0.0480. The standard InChI is InChI=1S/C25H41ClN2O/c1-27-15-17-28(18-16-27)21-23-12-8-6-4-2-3-5-7-9-14-25(23,29)20-22-11-10-13-24(26)19-22/h10-11,13,19,23,29H,2-9,12,14-18,20-21H2,1H3. The van der Waals surface area contributed by atoms with Crippen molar-refractivity contribution < 1.29 is 5.11 Å². The number of hydrogen-bond donors (Lipinski definition) is 1. The van der Waals surface area contributed by atoms with Crippen molar-refractivity contribution in [3.05, 3.63) is 34.9 Å². The zero-order valence-electron chi connectivity index (χ0n) is 18.4. The molecule has 2 fully saturated rings. The van der Waals surface area contributed by atoms with E-state index in [2.05, 4.69) is 22.9 Å². The summed E-state index contributed by atoms with van der Waals surface area (Å²) in [4.78, 5) is 5.01. The molecular formula is C25H41ClN2O. The zero-order chi connectivity index (χ0) is 20.5. The van der Waals surface area contributed by atoms with E-state index in [0.29, 0.717) is 5.92 Å².